The minimum Gasteiger partial charge on any atom is -0.444 e. The highest BCUT2D eigenvalue weighted by molar-refractivity contribution is 5.75. The molecule has 2 aliphatic heterocycles. The number of halogens is 5. The van der Waals surface area contributed by atoms with Crippen LogP contribution in [0.25, 0.3) is 0 Å². The minimum atomic E-state index is -4.81. The van der Waals surface area contributed by atoms with E-state index in [0.717, 1.165) is 23.1 Å². The third kappa shape index (κ3) is 7.38. The molecule has 0 N–H and O–H groups in total. The van der Waals surface area contributed by atoms with E-state index in [0.29, 0.717) is 11.1 Å². The Kier molecular flexibility index (Phi) is 9.20. The second kappa shape index (κ2) is 11.5. The number of allylic oxidation sites excluding steroid dienone is 1. The topological polar surface area (TPSA) is 68.3 Å². The normalized spacial score (nSPS) is 24.5. The Labute approximate surface area is 237 Å². The number of rotatable bonds is 6. The van der Waals surface area contributed by atoms with Gasteiger partial charge in [0.1, 0.15) is 29.1 Å². The first kappa shape index (κ1) is 32.8. The summed E-state index contributed by atoms with van der Waals surface area (Å²) in [7, 11) is 0. The second-order valence-electron chi connectivity index (χ2n) is 12.4. The van der Waals surface area contributed by atoms with Crippen molar-refractivity contribution in [2.75, 3.05) is 19.7 Å². The maximum atomic E-state index is 14.5. The number of ether oxygens (including phenoxy) is 3. The van der Waals surface area contributed by atoms with Gasteiger partial charge in [0, 0.05) is 26.0 Å². The van der Waals surface area contributed by atoms with E-state index >= 15 is 0 Å². The summed E-state index contributed by atoms with van der Waals surface area (Å²) >= 11 is 0. The van der Waals surface area contributed by atoms with E-state index in [2.05, 4.69) is 0 Å². The summed E-state index contributed by atoms with van der Waals surface area (Å²) in [6, 6.07) is 2.23. The first-order valence-corrected chi connectivity index (χ1v) is 13.4. The van der Waals surface area contributed by atoms with E-state index in [9.17, 15) is 31.5 Å². The zero-order chi connectivity index (χ0) is 31.1. The Hall–Kier alpha value is -2.73. The second-order valence-corrected chi connectivity index (χ2v) is 12.4. The first-order chi connectivity index (χ1) is 18.7. The zero-order valence-electron chi connectivity index (χ0n) is 24.7. The third-order valence-electron chi connectivity index (χ3n) is 7.27. The number of benzene rings is 1. The molecule has 230 valence electrons. The summed E-state index contributed by atoms with van der Waals surface area (Å²) in [4.78, 5) is 27.7. The molecule has 0 saturated carbocycles. The van der Waals surface area contributed by atoms with Gasteiger partial charge in [-0.05, 0) is 78.2 Å². The van der Waals surface area contributed by atoms with Crippen LogP contribution in [0.15, 0.2) is 29.3 Å². The highest BCUT2D eigenvalue weighted by Gasteiger charge is 2.61. The number of carbonyl (C=O) groups is 2. The van der Waals surface area contributed by atoms with Crippen LogP contribution in [-0.4, -0.2) is 76.7 Å². The van der Waals surface area contributed by atoms with Crippen LogP contribution in [0.2, 0.25) is 0 Å². The highest BCUT2D eigenvalue weighted by Crippen LogP contribution is 2.43. The Morgan fingerprint density at radius 3 is 2.12 bits per heavy atom. The lowest BCUT2D eigenvalue weighted by atomic mass is 9.92. The third-order valence-corrected chi connectivity index (χ3v) is 7.27. The van der Waals surface area contributed by atoms with Crippen molar-refractivity contribution in [3.63, 3.8) is 0 Å². The number of hydrogen-bond donors (Lipinski definition) is 0. The van der Waals surface area contributed by atoms with Gasteiger partial charge in [-0.15, -0.1) is 0 Å². The molecule has 1 aromatic carbocycles. The Balaban J connectivity index is 1.93. The van der Waals surface area contributed by atoms with Crippen LogP contribution < -0.4 is 0 Å². The summed E-state index contributed by atoms with van der Waals surface area (Å²) in [6.07, 6.45) is -7.12. The van der Waals surface area contributed by atoms with Crippen LogP contribution in [0, 0.1) is 11.6 Å². The Morgan fingerprint density at radius 1 is 1.05 bits per heavy atom. The molecule has 12 heteroatoms. The van der Waals surface area contributed by atoms with Crippen LogP contribution in [0.5, 0.6) is 0 Å². The summed E-state index contributed by atoms with van der Waals surface area (Å²) in [5.74, 6) is -1.96. The van der Waals surface area contributed by atoms with E-state index in [1.165, 1.54) is 11.8 Å². The smallest absolute Gasteiger partial charge is 0.419 e. The molecule has 2 heterocycles. The van der Waals surface area contributed by atoms with E-state index in [1.54, 1.807) is 48.5 Å². The largest absolute Gasteiger partial charge is 0.444 e. The molecule has 3 rings (SSSR count). The van der Waals surface area contributed by atoms with Crippen LogP contribution in [0.1, 0.15) is 67.4 Å². The van der Waals surface area contributed by atoms with Crippen LogP contribution in [0.4, 0.5) is 26.7 Å². The average Bonchev–Trinajstić information content (AvgIpc) is 3.31. The fourth-order valence-corrected chi connectivity index (χ4v) is 5.49. The maximum absolute atomic E-state index is 14.5. The number of likely N-dealkylation sites (tertiary alicyclic amines) is 1. The fourth-order valence-electron chi connectivity index (χ4n) is 5.49. The van der Waals surface area contributed by atoms with Crippen molar-refractivity contribution in [2.45, 2.75) is 103 Å². The molecule has 0 aromatic heterocycles. The standard InChI is InChI=1S/C29H39F5N2O5/c1-17(2)22(15-39-28(29(32,33)34)9-10-35(16-28)25(38)41-26(4,5)6)24-23(36(18(3)37)27(7,8)40-24)13-19-11-20(30)14-21(31)12-19/h11-12,14,23-24H,9-10,13,15-16H2,1-8H3/t23-,24-,28+/m0/s1. The van der Waals surface area contributed by atoms with Crippen molar-refractivity contribution in [2.24, 2.45) is 0 Å². The molecule has 2 amide bonds. The zero-order valence-corrected chi connectivity index (χ0v) is 24.7. The molecule has 0 bridgehead atoms. The molecule has 2 fully saturated rings. The summed E-state index contributed by atoms with van der Waals surface area (Å²) in [5.41, 5.74) is -3.48. The van der Waals surface area contributed by atoms with Gasteiger partial charge in [-0.2, -0.15) is 13.2 Å². The van der Waals surface area contributed by atoms with Gasteiger partial charge >= 0.3 is 12.3 Å². The average molecular weight is 591 g/mol. The first-order valence-electron chi connectivity index (χ1n) is 13.4. The van der Waals surface area contributed by atoms with E-state index in [4.69, 9.17) is 14.2 Å². The minimum absolute atomic E-state index is 0.0179. The molecule has 0 radical (unpaired) electrons. The van der Waals surface area contributed by atoms with Gasteiger partial charge in [0.25, 0.3) is 0 Å². The molecule has 3 atom stereocenters. The van der Waals surface area contributed by atoms with Gasteiger partial charge in [0.05, 0.1) is 19.2 Å². The van der Waals surface area contributed by atoms with Crippen molar-refractivity contribution in [3.8, 4) is 0 Å². The number of alkyl halides is 3. The van der Waals surface area contributed by atoms with Crippen molar-refractivity contribution in [1.82, 2.24) is 9.80 Å². The fraction of sp³-hybridized carbons (Fsp3) is 0.655. The van der Waals surface area contributed by atoms with E-state index in [-0.39, 0.29) is 24.4 Å². The van der Waals surface area contributed by atoms with Crippen LogP contribution >= 0.6 is 0 Å². The molecule has 41 heavy (non-hydrogen) atoms. The predicted octanol–water partition coefficient (Wildman–Crippen LogP) is 6.15. The van der Waals surface area contributed by atoms with Crippen molar-refractivity contribution < 1.29 is 45.8 Å². The summed E-state index contributed by atoms with van der Waals surface area (Å²) < 4.78 is 88.6. The Morgan fingerprint density at radius 2 is 1.63 bits per heavy atom. The van der Waals surface area contributed by atoms with E-state index < -0.39 is 72.5 Å². The lowest BCUT2D eigenvalue weighted by Crippen LogP contribution is -2.51. The number of hydrogen-bond acceptors (Lipinski definition) is 5. The monoisotopic (exact) mass is 590 g/mol. The molecule has 2 saturated heterocycles. The maximum Gasteiger partial charge on any atom is 0.419 e. The lowest BCUT2D eigenvalue weighted by molar-refractivity contribution is -0.269. The van der Waals surface area contributed by atoms with Crippen molar-refractivity contribution in [3.05, 3.63) is 46.5 Å². The molecule has 0 aliphatic carbocycles. The van der Waals surface area contributed by atoms with Gasteiger partial charge in [0.2, 0.25) is 5.91 Å². The van der Waals surface area contributed by atoms with Gasteiger partial charge in [-0.1, -0.05) is 5.57 Å². The molecule has 0 spiro atoms. The molecule has 0 unspecified atom stereocenters. The van der Waals surface area contributed by atoms with Crippen molar-refractivity contribution in [1.29, 1.82) is 0 Å². The predicted molar refractivity (Wildman–Crippen MR) is 141 cm³/mol. The SMILES string of the molecule is CC(=O)N1[C@@H](Cc2cc(F)cc(F)c2)[C@H](C(CO[C@]2(C(F)(F)F)CCN(C(=O)OC(C)(C)C)C2)=C(C)C)OC1(C)C. The molecular formula is C29H39F5N2O5. The number of carbonyl (C=O) groups excluding carboxylic acids is 2. The van der Waals surface area contributed by atoms with Gasteiger partial charge < -0.3 is 24.0 Å². The highest BCUT2D eigenvalue weighted by atomic mass is 19.4. The molecule has 2 aliphatic rings. The van der Waals surface area contributed by atoms with Gasteiger partial charge in [-0.3, -0.25) is 4.79 Å². The van der Waals surface area contributed by atoms with Crippen LogP contribution in [0.3, 0.4) is 0 Å². The molecule has 7 nitrogen and oxygen atoms in total. The lowest BCUT2D eigenvalue weighted by Gasteiger charge is -2.34. The van der Waals surface area contributed by atoms with Gasteiger partial charge in [0.15, 0.2) is 5.60 Å². The Bertz CT molecular complexity index is 1170. The van der Waals surface area contributed by atoms with Crippen LogP contribution in [-0.2, 0) is 25.4 Å². The summed E-state index contributed by atoms with van der Waals surface area (Å²) in [6.45, 7) is 11.4. The number of nitrogens with zero attached hydrogens (tertiary/aromatic N) is 2. The number of amides is 2. The quantitative estimate of drug-likeness (QED) is 0.294. The molecule has 1 aromatic rings. The van der Waals surface area contributed by atoms with E-state index in [1.807, 2.05) is 0 Å². The summed E-state index contributed by atoms with van der Waals surface area (Å²) in [5, 5.41) is 0. The van der Waals surface area contributed by atoms with Gasteiger partial charge in [-0.25, -0.2) is 13.6 Å². The molecular weight excluding hydrogens is 551 g/mol. The van der Waals surface area contributed by atoms with Crippen molar-refractivity contribution >= 4 is 12.0 Å².